The lowest BCUT2D eigenvalue weighted by Crippen LogP contribution is -2.33. The molecule has 0 heterocycles. The Hall–Kier alpha value is -0.770. The van der Waals surface area contributed by atoms with Gasteiger partial charge in [-0.3, -0.25) is 0 Å². The Morgan fingerprint density at radius 1 is 1.29 bits per heavy atom. The second-order valence-electron chi connectivity index (χ2n) is 7.08. The summed E-state index contributed by atoms with van der Waals surface area (Å²) >= 11 is 5.88. The molecule has 0 radical (unpaired) electrons. The van der Waals surface area contributed by atoms with E-state index in [2.05, 4.69) is 33.0 Å². The summed E-state index contributed by atoms with van der Waals surface area (Å²) in [6, 6.07) is 7.21. The van der Waals surface area contributed by atoms with Crippen LogP contribution in [0.3, 0.4) is 0 Å². The van der Waals surface area contributed by atoms with Crippen LogP contribution in [0.1, 0.15) is 27.7 Å². The van der Waals surface area contributed by atoms with E-state index in [1.807, 2.05) is 12.1 Å². The molecule has 1 atom stereocenters. The lowest BCUT2D eigenvalue weighted by atomic mass is 10.0. The summed E-state index contributed by atoms with van der Waals surface area (Å²) in [6.07, 6.45) is -0.519. The molecule has 0 spiro atoms. The van der Waals surface area contributed by atoms with Gasteiger partial charge in [-0.15, -0.1) is 0 Å². The maximum Gasteiger partial charge on any atom is 0.120 e. The van der Waals surface area contributed by atoms with E-state index >= 15 is 0 Å². The van der Waals surface area contributed by atoms with Crippen LogP contribution in [0.15, 0.2) is 24.3 Å². The molecule has 0 saturated heterocycles. The molecule has 1 aromatic carbocycles. The van der Waals surface area contributed by atoms with Gasteiger partial charge in [-0.05, 0) is 41.5 Å². The van der Waals surface area contributed by atoms with Gasteiger partial charge in [0.05, 0.1) is 0 Å². The number of nitrogens with one attached hydrogen (secondary N) is 1. The van der Waals surface area contributed by atoms with Crippen LogP contribution >= 0.6 is 11.6 Å². The number of rotatable bonds is 7. The molecule has 2 N–H and O–H groups in total. The Kier molecular flexibility index (Phi) is 4.86. The number of halogens is 1. The molecule has 1 unspecified atom stereocenters. The van der Waals surface area contributed by atoms with Gasteiger partial charge >= 0.3 is 0 Å². The van der Waals surface area contributed by atoms with Crippen molar-refractivity contribution in [3.8, 4) is 5.75 Å². The molecule has 2 rings (SSSR count). The highest BCUT2D eigenvalue weighted by molar-refractivity contribution is 6.30. The van der Waals surface area contributed by atoms with Gasteiger partial charge in [-0.2, -0.15) is 0 Å². The minimum absolute atomic E-state index is 0.269. The van der Waals surface area contributed by atoms with E-state index < -0.39 is 6.10 Å². The molecule has 4 heteroatoms. The molecule has 1 aliphatic rings. The zero-order chi connectivity index (χ0) is 15.7. The highest BCUT2D eigenvalue weighted by Crippen LogP contribution is 2.67. The molecule has 21 heavy (non-hydrogen) atoms. The van der Waals surface area contributed by atoms with E-state index in [0.717, 1.165) is 6.54 Å². The highest BCUT2D eigenvalue weighted by atomic mass is 35.5. The summed E-state index contributed by atoms with van der Waals surface area (Å²) in [4.78, 5) is 0. The van der Waals surface area contributed by atoms with E-state index in [-0.39, 0.29) is 6.61 Å². The van der Waals surface area contributed by atoms with Crippen LogP contribution in [0, 0.1) is 16.7 Å². The largest absolute Gasteiger partial charge is 0.491 e. The van der Waals surface area contributed by atoms with Crippen LogP contribution in [-0.2, 0) is 0 Å². The normalized spacial score (nSPS) is 21.0. The van der Waals surface area contributed by atoms with Crippen LogP contribution in [-0.4, -0.2) is 30.9 Å². The second kappa shape index (κ2) is 6.15. The van der Waals surface area contributed by atoms with Gasteiger partial charge in [0.25, 0.3) is 0 Å². The number of hydrogen-bond donors (Lipinski definition) is 2. The Bertz CT molecular complexity index is 473. The van der Waals surface area contributed by atoms with Crippen LogP contribution < -0.4 is 10.1 Å². The summed E-state index contributed by atoms with van der Waals surface area (Å²) in [5, 5.41) is 13.9. The molecular weight excluding hydrogens is 286 g/mol. The zero-order valence-corrected chi connectivity index (χ0v) is 14.1. The molecule has 0 amide bonds. The Balaban J connectivity index is 1.66. The van der Waals surface area contributed by atoms with E-state index in [4.69, 9.17) is 16.3 Å². The van der Waals surface area contributed by atoms with Crippen LogP contribution in [0.2, 0.25) is 5.02 Å². The third-order valence-electron chi connectivity index (χ3n) is 5.29. The van der Waals surface area contributed by atoms with Crippen molar-refractivity contribution >= 4 is 11.6 Å². The van der Waals surface area contributed by atoms with E-state index in [1.54, 1.807) is 12.1 Å². The van der Waals surface area contributed by atoms with Crippen molar-refractivity contribution in [3.63, 3.8) is 0 Å². The molecule has 1 aliphatic carbocycles. The minimum atomic E-state index is -0.519. The minimum Gasteiger partial charge on any atom is -0.491 e. The zero-order valence-electron chi connectivity index (χ0n) is 13.3. The number of hydrogen-bond acceptors (Lipinski definition) is 3. The molecule has 0 aliphatic heterocycles. The maximum absolute atomic E-state index is 9.95. The van der Waals surface area contributed by atoms with Gasteiger partial charge in [0.2, 0.25) is 0 Å². The fourth-order valence-corrected chi connectivity index (χ4v) is 3.23. The summed E-state index contributed by atoms with van der Waals surface area (Å²) in [7, 11) is 0. The first-order chi connectivity index (χ1) is 9.75. The number of ether oxygens (including phenoxy) is 1. The number of benzene rings is 1. The topological polar surface area (TPSA) is 41.5 Å². The first-order valence-corrected chi connectivity index (χ1v) is 7.90. The monoisotopic (exact) mass is 311 g/mol. The summed E-state index contributed by atoms with van der Waals surface area (Å²) in [6.45, 7) is 11.0. The third kappa shape index (κ3) is 3.71. The second-order valence-corrected chi connectivity index (χ2v) is 7.51. The fraction of sp³-hybridized carbons (Fsp3) is 0.647. The van der Waals surface area contributed by atoms with Crippen molar-refractivity contribution in [1.29, 1.82) is 0 Å². The summed E-state index contributed by atoms with van der Waals surface area (Å²) in [5.41, 5.74) is 0.754. The number of aliphatic hydroxyl groups is 1. The maximum atomic E-state index is 9.95. The summed E-state index contributed by atoms with van der Waals surface area (Å²) < 4.78 is 5.53. The molecule has 1 saturated carbocycles. The standard InChI is InChI=1S/C17H26ClNO2/c1-16(2)15(17(16,3)4)10-19-9-13(20)11-21-14-7-5-6-12(18)8-14/h5-8,13,15,19-20H,9-11H2,1-4H3. The van der Waals surface area contributed by atoms with Crippen molar-refractivity contribution in [1.82, 2.24) is 5.32 Å². The predicted octanol–water partition coefficient (Wildman–Crippen LogP) is 3.35. The molecule has 3 nitrogen and oxygen atoms in total. The van der Waals surface area contributed by atoms with Gasteiger partial charge in [0.15, 0.2) is 0 Å². The van der Waals surface area contributed by atoms with Gasteiger partial charge < -0.3 is 15.2 Å². The van der Waals surface area contributed by atoms with E-state index in [0.29, 0.717) is 34.1 Å². The molecule has 118 valence electrons. The van der Waals surface area contributed by atoms with Gasteiger partial charge in [0.1, 0.15) is 18.5 Å². The first kappa shape index (κ1) is 16.6. The van der Waals surface area contributed by atoms with Gasteiger partial charge in [-0.1, -0.05) is 45.4 Å². The SMILES string of the molecule is CC1(C)C(CNCC(O)COc2cccc(Cl)c2)C1(C)C. The number of aliphatic hydroxyl groups excluding tert-OH is 1. The molecule has 0 aromatic heterocycles. The molecule has 1 fully saturated rings. The third-order valence-corrected chi connectivity index (χ3v) is 5.52. The fourth-order valence-electron chi connectivity index (χ4n) is 3.05. The van der Waals surface area contributed by atoms with Gasteiger partial charge in [0, 0.05) is 11.6 Å². The smallest absolute Gasteiger partial charge is 0.120 e. The highest BCUT2D eigenvalue weighted by Gasteiger charge is 2.63. The quantitative estimate of drug-likeness (QED) is 0.811. The molecule has 1 aromatic rings. The first-order valence-electron chi connectivity index (χ1n) is 7.52. The lowest BCUT2D eigenvalue weighted by molar-refractivity contribution is 0.106. The van der Waals surface area contributed by atoms with Crippen molar-refractivity contribution in [2.24, 2.45) is 16.7 Å². The average molecular weight is 312 g/mol. The van der Waals surface area contributed by atoms with Crippen molar-refractivity contribution in [3.05, 3.63) is 29.3 Å². The lowest BCUT2D eigenvalue weighted by Gasteiger charge is -2.14. The Labute approximate surface area is 132 Å². The molecular formula is C17H26ClNO2. The molecule has 0 bridgehead atoms. The van der Waals surface area contributed by atoms with Crippen molar-refractivity contribution < 1.29 is 9.84 Å². The van der Waals surface area contributed by atoms with E-state index in [1.165, 1.54) is 0 Å². The average Bonchev–Trinajstić information content (AvgIpc) is 2.79. The van der Waals surface area contributed by atoms with E-state index in [9.17, 15) is 5.11 Å². The van der Waals surface area contributed by atoms with Crippen LogP contribution in [0.25, 0.3) is 0 Å². The van der Waals surface area contributed by atoms with Crippen molar-refractivity contribution in [2.75, 3.05) is 19.7 Å². The predicted molar refractivity (Wildman–Crippen MR) is 86.9 cm³/mol. The van der Waals surface area contributed by atoms with Crippen molar-refractivity contribution in [2.45, 2.75) is 33.8 Å². The summed E-state index contributed by atoms with van der Waals surface area (Å²) in [5.74, 6) is 1.34. The Morgan fingerprint density at radius 3 is 2.52 bits per heavy atom. The van der Waals surface area contributed by atoms with Crippen LogP contribution in [0.5, 0.6) is 5.75 Å². The Morgan fingerprint density at radius 2 is 1.95 bits per heavy atom. The van der Waals surface area contributed by atoms with Crippen LogP contribution in [0.4, 0.5) is 0 Å². The van der Waals surface area contributed by atoms with Gasteiger partial charge in [-0.25, -0.2) is 0 Å².